The second-order valence-electron chi connectivity index (χ2n) is 3.96. The van der Waals surface area contributed by atoms with E-state index in [2.05, 4.69) is 0 Å². The van der Waals surface area contributed by atoms with Crippen molar-refractivity contribution in [3.63, 3.8) is 0 Å². The van der Waals surface area contributed by atoms with Gasteiger partial charge in [0.1, 0.15) is 0 Å². The summed E-state index contributed by atoms with van der Waals surface area (Å²) in [5.74, 6) is 0.900. The Labute approximate surface area is 75.2 Å². The number of hydrogen-bond acceptors (Lipinski definition) is 2. The lowest BCUT2D eigenvalue weighted by atomic mass is 9.98. The Morgan fingerprint density at radius 1 is 1.25 bits per heavy atom. The zero-order valence-corrected chi connectivity index (χ0v) is 7.84. The van der Waals surface area contributed by atoms with Crippen LogP contribution < -0.4 is 5.73 Å². The molecule has 0 heterocycles. The van der Waals surface area contributed by atoms with Crippen molar-refractivity contribution >= 4 is 0 Å². The third-order valence-electron chi connectivity index (χ3n) is 2.88. The molecule has 1 aliphatic carbocycles. The molecule has 1 unspecified atom stereocenters. The van der Waals surface area contributed by atoms with Gasteiger partial charge < -0.3 is 10.8 Å². The molecule has 1 saturated carbocycles. The summed E-state index contributed by atoms with van der Waals surface area (Å²) in [5.41, 5.74) is 5.35. The predicted octanol–water partition coefficient (Wildman–Crippen LogP) is 1.67. The van der Waals surface area contributed by atoms with Crippen LogP contribution in [0.25, 0.3) is 0 Å². The van der Waals surface area contributed by atoms with Gasteiger partial charge in [-0.3, -0.25) is 0 Å². The summed E-state index contributed by atoms with van der Waals surface area (Å²) in [4.78, 5) is 0. The number of aliphatic hydroxyl groups is 1. The molecule has 0 saturated heterocycles. The smallest absolute Gasteiger partial charge is 0.0552 e. The van der Waals surface area contributed by atoms with Crippen molar-refractivity contribution in [2.24, 2.45) is 11.7 Å². The third-order valence-corrected chi connectivity index (χ3v) is 2.88. The quantitative estimate of drug-likeness (QED) is 0.661. The maximum Gasteiger partial charge on any atom is 0.0552 e. The van der Waals surface area contributed by atoms with Crippen LogP contribution in [0.15, 0.2) is 0 Å². The number of aliphatic hydroxyl groups excluding tert-OH is 1. The lowest BCUT2D eigenvalue weighted by Crippen LogP contribution is -2.14. The van der Waals surface area contributed by atoms with E-state index >= 15 is 0 Å². The van der Waals surface area contributed by atoms with Gasteiger partial charge in [-0.25, -0.2) is 0 Å². The number of hydrogen-bond donors (Lipinski definition) is 2. The van der Waals surface area contributed by atoms with Crippen molar-refractivity contribution in [2.45, 2.75) is 51.0 Å². The molecule has 0 aliphatic heterocycles. The highest BCUT2D eigenvalue weighted by molar-refractivity contribution is 4.69. The normalized spacial score (nSPS) is 21.5. The van der Waals surface area contributed by atoms with Gasteiger partial charge in [0.05, 0.1) is 6.10 Å². The van der Waals surface area contributed by atoms with Crippen LogP contribution in [-0.2, 0) is 0 Å². The minimum Gasteiger partial charge on any atom is -0.393 e. The highest BCUT2D eigenvalue weighted by Crippen LogP contribution is 2.29. The standard InChI is InChI=1S/C10H21NO/c11-8-7-10(12)6-5-9-3-1-2-4-9/h9-10,12H,1-8,11H2. The third kappa shape index (κ3) is 3.55. The summed E-state index contributed by atoms with van der Waals surface area (Å²) in [6, 6.07) is 0. The Bertz CT molecular complexity index is 110. The van der Waals surface area contributed by atoms with Crippen LogP contribution in [-0.4, -0.2) is 17.8 Å². The van der Waals surface area contributed by atoms with Crippen LogP contribution in [0.5, 0.6) is 0 Å². The van der Waals surface area contributed by atoms with E-state index in [1.807, 2.05) is 0 Å². The van der Waals surface area contributed by atoms with Crippen molar-refractivity contribution < 1.29 is 5.11 Å². The second-order valence-corrected chi connectivity index (χ2v) is 3.96. The summed E-state index contributed by atoms with van der Waals surface area (Å²) >= 11 is 0. The molecule has 0 bridgehead atoms. The lowest BCUT2D eigenvalue weighted by Gasteiger charge is -2.12. The van der Waals surface area contributed by atoms with E-state index < -0.39 is 0 Å². The molecular weight excluding hydrogens is 150 g/mol. The monoisotopic (exact) mass is 171 g/mol. The SMILES string of the molecule is NCCC(O)CCC1CCCC1. The zero-order chi connectivity index (χ0) is 8.81. The molecule has 1 atom stereocenters. The molecule has 0 aromatic carbocycles. The van der Waals surface area contributed by atoms with E-state index in [-0.39, 0.29) is 6.10 Å². The van der Waals surface area contributed by atoms with Gasteiger partial charge >= 0.3 is 0 Å². The van der Waals surface area contributed by atoms with E-state index in [0.717, 1.165) is 18.8 Å². The highest BCUT2D eigenvalue weighted by atomic mass is 16.3. The van der Waals surface area contributed by atoms with Gasteiger partial charge in [-0.1, -0.05) is 25.7 Å². The summed E-state index contributed by atoms with van der Waals surface area (Å²) in [7, 11) is 0. The molecule has 0 radical (unpaired) electrons. The first kappa shape index (κ1) is 10.0. The molecule has 3 N–H and O–H groups in total. The van der Waals surface area contributed by atoms with Crippen LogP contribution in [0.4, 0.5) is 0 Å². The Hall–Kier alpha value is -0.0800. The molecule has 72 valence electrons. The van der Waals surface area contributed by atoms with E-state index in [1.165, 1.54) is 32.1 Å². The van der Waals surface area contributed by atoms with Gasteiger partial charge in [0.2, 0.25) is 0 Å². The minimum absolute atomic E-state index is 0.143. The lowest BCUT2D eigenvalue weighted by molar-refractivity contribution is 0.147. The van der Waals surface area contributed by atoms with Crippen LogP contribution in [0, 0.1) is 5.92 Å². The number of nitrogens with two attached hydrogens (primary N) is 1. The summed E-state index contributed by atoms with van der Waals surface area (Å²) in [6.07, 6.45) is 8.37. The maximum atomic E-state index is 9.43. The summed E-state index contributed by atoms with van der Waals surface area (Å²) < 4.78 is 0. The van der Waals surface area contributed by atoms with Crippen LogP contribution in [0.2, 0.25) is 0 Å². The molecule has 2 nitrogen and oxygen atoms in total. The van der Waals surface area contributed by atoms with Gasteiger partial charge in [-0.2, -0.15) is 0 Å². The Morgan fingerprint density at radius 2 is 1.92 bits per heavy atom. The fraction of sp³-hybridized carbons (Fsp3) is 1.00. The predicted molar refractivity (Wildman–Crippen MR) is 50.9 cm³/mol. The molecule has 12 heavy (non-hydrogen) atoms. The molecule has 0 amide bonds. The molecule has 1 rings (SSSR count). The van der Waals surface area contributed by atoms with Gasteiger partial charge in [0.25, 0.3) is 0 Å². The van der Waals surface area contributed by atoms with Crippen LogP contribution in [0.1, 0.15) is 44.9 Å². The van der Waals surface area contributed by atoms with Gasteiger partial charge in [0.15, 0.2) is 0 Å². The zero-order valence-electron chi connectivity index (χ0n) is 7.84. The first-order chi connectivity index (χ1) is 5.83. The molecule has 0 aromatic heterocycles. The first-order valence-electron chi connectivity index (χ1n) is 5.21. The van der Waals surface area contributed by atoms with Crippen molar-refractivity contribution in [3.05, 3.63) is 0 Å². The Balaban J connectivity index is 1.99. The van der Waals surface area contributed by atoms with Gasteiger partial charge in [-0.15, -0.1) is 0 Å². The average molecular weight is 171 g/mol. The molecule has 1 aliphatic rings. The molecular formula is C10H21NO. The van der Waals surface area contributed by atoms with Gasteiger partial charge in [-0.05, 0) is 31.7 Å². The van der Waals surface area contributed by atoms with Crippen molar-refractivity contribution in [3.8, 4) is 0 Å². The van der Waals surface area contributed by atoms with Crippen molar-refractivity contribution in [1.29, 1.82) is 0 Å². The average Bonchev–Trinajstić information content (AvgIpc) is 2.53. The Kier molecular flexibility index (Phi) is 4.62. The second kappa shape index (κ2) is 5.55. The fourth-order valence-electron chi connectivity index (χ4n) is 2.06. The molecule has 0 spiro atoms. The van der Waals surface area contributed by atoms with Crippen molar-refractivity contribution in [1.82, 2.24) is 0 Å². The van der Waals surface area contributed by atoms with Gasteiger partial charge in [0, 0.05) is 0 Å². The van der Waals surface area contributed by atoms with Crippen LogP contribution >= 0.6 is 0 Å². The number of rotatable bonds is 5. The molecule has 1 fully saturated rings. The van der Waals surface area contributed by atoms with E-state index in [1.54, 1.807) is 0 Å². The van der Waals surface area contributed by atoms with E-state index in [9.17, 15) is 5.11 Å². The highest BCUT2D eigenvalue weighted by Gasteiger charge is 2.15. The molecule has 0 aromatic rings. The maximum absolute atomic E-state index is 9.43. The van der Waals surface area contributed by atoms with Crippen molar-refractivity contribution in [2.75, 3.05) is 6.54 Å². The van der Waals surface area contributed by atoms with E-state index in [0.29, 0.717) is 6.54 Å². The topological polar surface area (TPSA) is 46.2 Å². The Morgan fingerprint density at radius 3 is 2.50 bits per heavy atom. The summed E-state index contributed by atoms with van der Waals surface area (Å²) in [5, 5.41) is 9.43. The van der Waals surface area contributed by atoms with Crippen LogP contribution in [0.3, 0.4) is 0 Å². The largest absolute Gasteiger partial charge is 0.393 e. The molecule has 2 heteroatoms. The summed E-state index contributed by atoms with van der Waals surface area (Å²) in [6.45, 7) is 0.617. The minimum atomic E-state index is -0.143. The van der Waals surface area contributed by atoms with E-state index in [4.69, 9.17) is 5.73 Å². The first-order valence-corrected chi connectivity index (χ1v) is 5.21. The fourth-order valence-corrected chi connectivity index (χ4v) is 2.06.